The molecule has 0 aromatic rings. The molecule has 0 aliphatic rings. The highest BCUT2D eigenvalue weighted by Gasteiger charge is 2.15. The van der Waals surface area contributed by atoms with Crippen LogP contribution in [0.2, 0.25) is 0 Å². The van der Waals surface area contributed by atoms with Crippen LogP contribution >= 0.6 is 0 Å². The van der Waals surface area contributed by atoms with Crippen molar-refractivity contribution in [1.29, 1.82) is 0 Å². The van der Waals surface area contributed by atoms with Gasteiger partial charge in [0.25, 0.3) is 0 Å². The van der Waals surface area contributed by atoms with Crippen LogP contribution in [-0.4, -0.2) is 36.4 Å². The average molecular weight is 641 g/mol. The van der Waals surface area contributed by atoms with Gasteiger partial charge < -0.3 is 14.6 Å². The lowest BCUT2D eigenvalue weighted by Gasteiger charge is -2.15. The molecule has 5 nitrogen and oxygen atoms in total. The van der Waals surface area contributed by atoms with Gasteiger partial charge in [-0.1, -0.05) is 138 Å². The number of hydrogen-bond donors (Lipinski definition) is 1. The first kappa shape index (κ1) is 43.3. The average Bonchev–Trinajstić information content (AvgIpc) is 3.06. The second-order valence-corrected chi connectivity index (χ2v) is 11.9. The van der Waals surface area contributed by atoms with Crippen LogP contribution in [-0.2, 0) is 19.1 Å². The molecule has 0 amide bonds. The van der Waals surface area contributed by atoms with E-state index in [0.29, 0.717) is 19.3 Å². The third-order valence-electron chi connectivity index (χ3n) is 7.48. The third kappa shape index (κ3) is 34.2. The molecule has 0 aromatic heterocycles. The fraction of sp³-hybridized carbons (Fsp3) is 0.659. The number of ether oxygens (including phenoxy) is 2. The highest BCUT2D eigenvalue weighted by atomic mass is 16.6. The summed E-state index contributed by atoms with van der Waals surface area (Å²) in [7, 11) is 0. The molecule has 0 unspecified atom stereocenters. The molecule has 262 valence electrons. The standard InChI is InChI=1S/C41H68O5/c1-3-5-7-9-11-13-15-17-19-20-22-23-25-27-29-31-33-35-40(43)45-38-39(37-42)46-41(44)36-34-32-30-28-26-24-21-18-16-14-12-10-8-6-4-2/h5,7,11,13,17-19,21-23,27,29,39,42H,3-4,6,8-10,12,14-16,20,24-26,28,30-38H2,1-2H3/b7-5-,13-11-,19-17-,21-18-,23-22-,29-27-/t39-/m0/s1. The number of carbonyl (C=O) groups excluding carboxylic acids is 2. The third-order valence-corrected chi connectivity index (χ3v) is 7.48. The van der Waals surface area contributed by atoms with Crippen molar-refractivity contribution in [3.8, 4) is 0 Å². The van der Waals surface area contributed by atoms with Crippen molar-refractivity contribution in [3.05, 3.63) is 72.9 Å². The molecule has 0 bridgehead atoms. The molecule has 1 N–H and O–H groups in total. The quantitative estimate of drug-likeness (QED) is 0.0450. The van der Waals surface area contributed by atoms with Gasteiger partial charge in [0.15, 0.2) is 6.10 Å². The van der Waals surface area contributed by atoms with Crippen LogP contribution in [0.3, 0.4) is 0 Å². The van der Waals surface area contributed by atoms with Gasteiger partial charge in [-0.3, -0.25) is 9.59 Å². The van der Waals surface area contributed by atoms with E-state index in [2.05, 4.69) is 86.8 Å². The van der Waals surface area contributed by atoms with Gasteiger partial charge in [-0.05, 0) is 77.0 Å². The van der Waals surface area contributed by atoms with E-state index >= 15 is 0 Å². The Morgan fingerprint density at radius 2 is 0.957 bits per heavy atom. The lowest BCUT2D eigenvalue weighted by molar-refractivity contribution is -0.161. The minimum absolute atomic E-state index is 0.102. The van der Waals surface area contributed by atoms with Crippen molar-refractivity contribution in [1.82, 2.24) is 0 Å². The topological polar surface area (TPSA) is 72.8 Å². The summed E-state index contributed by atoms with van der Waals surface area (Å²) in [5.41, 5.74) is 0. The lowest BCUT2D eigenvalue weighted by Crippen LogP contribution is -2.28. The normalized spacial score (nSPS) is 13.0. The number of unbranched alkanes of at least 4 members (excludes halogenated alkanes) is 12. The minimum Gasteiger partial charge on any atom is -0.462 e. The summed E-state index contributed by atoms with van der Waals surface area (Å²) in [4.78, 5) is 24.2. The molecule has 46 heavy (non-hydrogen) atoms. The zero-order valence-corrected chi connectivity index (χ0v) is 29.6. The molecular weight excluding hydrogens is 572 g/mol. The van der Waals surface area contributed by atoms with Gasteiger partial charge >= 0.3 is 11.9 Å². The van der Waals surface area contributed by atoms with Gasteiger partial charge in [0, 0.05) is 12.8 Å². The fourth-order valence-corrected chi connectivity index (χ4v) is 4.70. The maximum Gasteiger partial charge on any atom is 0.306 e. The molecule has 0 rings (SSSR count). The Morgan fingerprint density at radius 1 is 0.522 bits per heavy atom. The van der Waals surface area contributed by atoms with Crippen molar-refractivity contribution in [2.75, 3.05) is 13.2 Å². The van der Waals surface area contributed by atoms with Crippen molar-refractivity contribution in [2.45, 2.75) is 161 Å². The molecule has 0 fully saturated rings. The first-order chi connectivity index (χ1) is 22.6. The zero-order valence-electron chi connectivity index (χ0n) is 29.6. The molecule has 0 aliphatic heterocycles. The van der Waals surface area contributed by atoms with Crippen LogP contribution in [0.1, 0.15) is 155 Å². The van der Waals surface area contributed by atoms with Crippen LogP contribution in [0, 0.1) is 0 Å². The van der Waals surface area contributed by atoms with Crippen LogP contribution in [0.5, 0.6) is 0 Å². The largest absolute Gasteiger partial charge is 0.462 e. The monoisotopic (exact) mass is 641 g/mol. The Labute approximate surface area is 283 Å². The van der Waals surface area contributed by atoms with E-state index in [1.807, 2.05) is 0 Å². The molecule has 0 aliphatic carbocycles. The summed E-state index contributed by atoms with van der Waals surface area (Å²) in [5.74, 6) is -0.676. The van der Waals surface area contributed by atoms with E-state index in [0.717, 1.165) is 64.2 Å². The van der Waals surface area contributed by atoms with E-state index in [-0.39, 0.29) is 25.2 Å². The fourth-order valence-electron chi connectivity index (χ4n) is 4.70. The van der Waals surface area contributed by atoms with E-state index in [1.165, 1.54) is 57.8 Å². The van der Waals surface area contributed by atoms with Crippen molar-refractivity contribution < 1.29 is 24.2 Å². The van der Waals surface area contributed by atoms with E-state index in [1.54, 1.807) is 0 Å². The summed E-state index contributed by atoms with van der Waals surface area (Å²) in [6.07, 6.45) is 48.2. The number of aliphatic hydroxyl groups is 1. The summed E-state index contributed by atoms with van der Waals surface area (Å²) < 4.78 is 10.5. The summed E-state index contributed by atoms with van der Waals surface area (Å²) in [5, 5.41) is 9.53. The molecule has 0 saturated heterocycles. The summed E-state index contributed by atoms with van der Waals surface area (Å²) in [6, 6.07) is 0. The van der Waals surface area contributed by atoms with Crippen LogP contribution < -0.4 is 0 Å². The molecule has 0 spiro atoms. The number of aliphatic hydroxyl groups excluding tert-OH is 1. The molecule has 0 radical (unpaired) electrons. The predicted octanol–water partition coefficient (Wildman–Crippen LogP) is 11.4. The minimum atomic E-state index is -0.800. The molecule has 5 heteroatoms. The molecule has 1 atom stereocenters. The number of rotatable bonds is 32. The molecular formula is C41H68O5. The van der Waals surface area contributed by atoms with Crippen LogP contribution in [0.25, 0.3) is 0 Å². The van der Waals surface area contributed by atoms with Crippen LogP contribution in [0.15, 0.2) is 72.9 Å². The van der Waals surface area contributed by atoms with E-state index in [9.17, 15) is 14.7 Å². The number of hydrogen-bond acceptors (Lipinski definition) is 5. The zero-order chi connectivity index (χ0) is 33.6. The highest BCUT2D eigenvalue weighted by molar-refractivity contribution is 5.70. The SMILES string of the molecule is CC/C=C\C/C=C\C/C=C\C/C=C\C/C=C\CCCC(=O)OC[C@H](CO)OC(=O)CCCCCCC/C=C\CCCCCCCC. The van der Waals surface area contributed by atoms with Gasteiger partial charge in [0.05, 0.1) is 6.61 Å². The number of esters is 2. The van der Waals surface area contributed by atoms with Crippen molar-refractivity contribution in [3.63, 3.8) is 0 Å². The first-order valence-corrected chi connectivity index (χ1v) is 18.5. The van der Waals surface area contributed by atoms with E-state index in [4.69, 9.17) is 9.47 Å². The van der Waals surface area contributed by atoms with Gasteiger partial charge in [-0.15, -0.1) is 0 Å². The molecule has 0 aromatic carbocycles. The van der Waals surface area contributed by atoms with Crippen molar-refractivity contribution >= 4 is 11.9 Å². The van der Waals surface area contributed by atoms with Gasteiger partial charge in [-0.2, -0.15) is 0 Å². The van der Waals surface area contributed by atoms with Gasteiger partial charge in [0.2, 0.25) is 0 Å². The molecule has 0 saturated carbocycles. The first-order valence-electron chi connectivity index (χ1n) is 18.5. The predicted molar refractivity (Wildman–Crippen MR) is 196 cm³/mol. The van der Waals surface area contributed by atoms with Crippen LogP contribution in [0.4, 0.5) is 0 Å². The number of carbonyl (C=O) groups is 2. The second kappa shape index (κ2) is 36.8. The second-order valence-electron chi connectivity index (χ2n) is 11.9. The smallest absolute Gasteiger partial charge is 0.306 e. The number of allylic oxidation sites excluding steroid dienone is 12. The Hall–Kier alpha value is -2.66. The lowest BCUT2D eigenvalue weighted by atomic mass is 10.1. The summed E-state index contributed by atoms with van der Waals surface area (Å²) in [6.45, 7) is 3.94. The van der Waals surface area contributed by atoms with Crippen molar-refractivity contribution in [2.24, 2.45) is 0 Å². The van der Waals surface area contributed by atoms with Gasteiger partial charge in [-0.25, -0.2) is 0 Å². The summed E-state index contributed by atoms with van der Waals surface area (Å²) >= 11 is 0. The van der Waals surface area contributed by atoms with Gasteiger partial charge in [0.1, 0.15) is 6.61 Å². The Kier molecular flexibility index (Phi) is 34.7. The van der Waals surface area contributed by atoms with E-state index < -0.39 is 6.10 Å². The highest BCUT2D eigenvalue weighted by Crippen LogP contribution is 2.11. The molecule has 0 heterocycles. The maximum atomic E-state index is 12.1. The maximum absolute atomic E-state index is 12.1. The Bertz CT molecular complexity index is 864. The Morgan fingerprint density at radius 3 is 1.50 bits per heavy atom. The Balaban J connectivity index is 3.71.